The summed E-state index contributed by atoms with van der Waals surface area (Å²) in [5, 5.41) is 15.2. The summed E-state index contributed by atoms with van der Waals surface area (Å²) in [6.45, 7) is 4.18. The number of carbonyl (C=O) groups excluding carboxylic acids is 2. The van der Waals surface area contributed by atoms with Crippen LogP contribution in [-0.4, -0.2) is 42.3 Å². The normalized spacial score (nSPS) is 16.9. The van der Waals surface area contributed by atoms with Crippen molar-refractivity contribution in [2.24, 2.45) is 11.3 Å². The molecule has 7 heteroatoms. The molecule has 2 aromatic rings. The second-order valence-electron chi connectivity index (χ2n) is 10.1. The quantitative estimate of drug-likeness (QED) is 0.485. The zero-order chi connectivity index (χ0) is 25.0. The lowest BCUT2D eigenvalue weighted by molar-refractivity contribution is -0.148. The van der Waals surface area contributed by atoms with Crippen molar-refractivity contribution in [3.63, 3.8) is 0 Å². The number of nitrogens with one attached hydrogen (secondary N) is 2. The van der Waals surface area contributed by atoms with Crippen LogP contribution in [0.5, 0.6) is 0 Å². The molecule has 0 bridgehead atoms. The molecule has 0 heterocycles. The van der Waals surface area contributed by atoms with E-state index < -0.39 is 23.5 Å². The number of hydrogen-bond acceptors (Lipinski definition) is 4. The van der Waals surface area contributed by atoms with Crippen molar-refractivity contribution in [1.82, 2.24) is 10.6 Å². The highest BCUT2D eigenvalue weighted by atomic mass is 16.5. The second kappa shape index (κ2) is 10.5. The minimum atomic E-state index is -0.872. The molecule has 0 aliphatic heterocycles. The summed E-state index contributed by atoms with van der Waals surface area (Å²) in [5.41, 5.74) is 3.73. The standard InChI is InChI=1S/C28H34N2O5/c1-18(2)24(15-25(31)29-17-28(26(32)33)13-7-8-14-28)30-27(34)35-16-23-21-11-5-3-9-19(21)20-10-4-6-12-22(20)23/h3-6,9-12,18,23-24H,7-8,13-17H2,1-2H3,(H,29,31)(H,30,34)(H,32,33). The Hall–Kier alpha value is -3.35. The van der Waals surface area contributed by atoms with Gasteiger partial charge in [-0.25, -0.2) is 4.79 Å². The second-order valence-corrected chi connectivity index (χ2v) is 10.1. The molecule has 0 saturated heterocycles. The summed E-state index contributed by atoms with van der Waals surface area (Å²) < 4.78 is 5.63. The fourth-order valence-corrected chi connectivity index (χ4v) is 5.30. The van der Waals surface area contributed by atoms with Crippen molar-refractivity contribution in [2.45, 2.75) is 57.9 Å². The van der Waals surface area contributed by atoms with Crippen LogP contribution in [0, 0.1) is 11.3 Å². The average Bonchev–Trinajstić information content (AvgIpc) is 3.45. The summed E-state index contributed by atoms with van der Waals surface area (Å²) in [6, 6.07) is 15.9. The molecule has 3 N–H and O–H groups in total. The van der Waals surface area contributed by atoms with Crippen LogP contribution in [-0.2, 0) is 14.3 Å². The molecule has 2 amide bonds. The first-order valence-corrected chi connectivity index (χ1v) is 12.4. The Morgan fingerprint density at radius 2 is 1.57 bits per heavy atom. The van der Waals surface area contributed by atoms with Gasteiger partial charge in [0.05, 0.1) is 5.41 Å². The SMILES string of the molecule is CC(C)C(CC(=O)NCC1(C(=O)O)CCCC1)NC(=O)OCC1c2ccccc2-c2ccccc21. The van der Waals surface area contributed by atoms with Crippen LogP contribution in [0.1, 0.15) is 63.0 Å². The summed E-state index contributed by atoms with van der Waals surface area (Å²) in [6.07, 6.45) is 2.39. The lowest BCUT2D eigenvalue weighted by Gasteiger charge is -2.26. The fourth-order valence-electron chi connectivity index (χ4n) is 5.30. The number of amides is 2. The van der Waals surface area contributed by atoms with Gasteiger partial charge in [0.1, 0.15) is 6.61 Å². The fraction of sp³-hybridized carbons (Fsp3) is 0.464. The maximum absolute atomic E-state index is 12.7. The Labute approximate surface area is 206 Å². The molecule has 0 spiro atoms. The molecule has 2 aliphatic rings. The molecule has 1 saturated carbocycles. The van der Waals surface area contributed by atoms with Crippen molar-refractivity contribution in [1.29, 1.82) is 0 Å². The predicted octanol–water partition coefficient (Wildman–Crippen LogP) is 4.70. The van der Waals surface area contributed by atoms with Gasteiger partial charge in [-0.1, -0.05) is 75.2 Å². The van der Waals surface area contributed by atoms with Crippen molar-refractivity contribution in [3.8, 4) is 11.1 Å². The smallest absolute Gasteiger partial charge is 0.407 e. The summed E-state index contributed by atoms with van der Waals surface area (Å²) in [4.78, 5) is 37.0. The molecule has 35 heavy (non-hydrogen) atoms. The van der Waals surface area contributed by atoms with E-state index in [0.717, 1.165) is 35.1 Å². The number of fused-ring (bicyclic) bond motifs is 3. The molecule has 0 aromatic heterocycles. The molecule has 186 valence electrons. The van der Waals surface area contributed by atoms with Crippen LogP contribution in [0.25, 0.3) is 11.1 Å². The van der Waals surface area contributed by atoms with Gasteiger partial charge >= 0.3 is 12.1 Å². The van der Waals surface area contributed by atoms with E-state index in [1.807, 2.05) is 38.1 Å². The summed E-state index contributed by atoms with van der Waals surface area (Å²) >= 11 is 0. The number of hydrogen-bond donors (Lipinski definition) is 3. The van der Waals surface area contributed by atoms with Crippen LogP contribution in [0.4, 0.5) is 4.79 Å². The molecule has 1 fully saturated rings. The minimum absolute atomic E-state index is 0.00106. The molecule has 4 rings (SSSR count). The molecule has 0 radical (unpaired) electrons. The third-order valence-corrected chi connectivity index (χ3v) is 7.50. The van der Waals surface area contributed by atoms with E-state index in [1.54, 1.807) is 0 Å². The largest absolute Gasteiger partial charge is 0.481 e. The number of benzene rings is 2. The third kappa shape index (κ3) is 5.34. The van der Waals surface area contributed by atoms with E-state index in [-0.39, 0.29) is 37.3 Å². The molecule has 1 unspecified atom stereocenters. The van der Waals surface area contributed by atoms with E-state index in [0.29, 0.717) is 12.8 Å². The Kier molecular flexibility index (Phi) is 7.43. The number of aliphatic carboxylic acids is 1. The number of alkyl carbamates (subject to hydrolysis) is 1. The molecule has 2 aromatic carbocycles. The highest BCUT2D eigenvalue weighted by Crippen LogP contribution is 2.44. The minimum Gasteiger partial charge on any atom is -0.481 e. The first-order valence-electron chi connectivity index (χ1n) is 12.4. The summed E-state index contributed by atoms with van der Waals surface area (Å²) in [5.74, 6) is -1.16. The number of carboxylic acids is 1. The predicted molar refractivity (Wildman–Crippen MR) is 133 cm³/mol. The van der Waals surface area contributed by atoms with Gasteiger partial charge in [0.2, 0.25) is 5.91 Å². The lowest BCUT2D eigenvalue weighted by atomic mass is 9.86. The molecular weight excluding hydrogens is 444 g/mol. The van der Waals surface area contributed by atoms with Crippen LogP contribution in [0.15, 0.2) is 48.5 Å². The Morgan fingerprint density at radius 1 is 1.00 bits per heavy atom. The Bertz CT molecular complexity index is 1040. The topological polar surface area (TPSA) is 105 Å². The third-order valence-electron chi connectivity index (χ3n) is 7.50. The van der Waals surface area contributed by atoms with Crippen LogP contribution in [0.2, 0.25) is 0 Å². The number of rotatable bonds is 9. The Balaban J connectivity index is 1.32. The van der Waals surface area contributed by atoms with Gasteiger partial charge in [-0.2, -0.15) is 0 Å². The van der Waals surface area contributed by atoms with Crippen molar-refractivity contribution < 1.29 is 24.2 Å². The number of ether oxygens (including phenoxy) is 1. The zero-order valence-electron chi connectivity index (χ0n) is 20.4. The summed E-state index contributed by atoms with van der Waals surface area (Å²) in [7, 11) is 0. The lowest BCUT2D eigenvalue weighted by Crippen LogP contribution is -2.45. The van der Waals surface area contributed by atoms with Crippen molar-refractivity contribution in [3.05, 3.63) is 59.7 Å². The highest BCUT2D eigenvalue weighted by molar-refractivity contribution is 5.81. The first-order chi connectivity index (χ1) is 16.8. The van der Waals surface area contributed by atoms with Crippen molar-refractivity contribution >= 4 is 18.0 Å². The molecule has 2 aliphatic carbocycles. The molecule has 1 atom stereocenters. The van der Waals surface area contributed by atoms with Crippen LogP contribution in [0.3, 0.4) is 0 Å². The maximum Gasteiger partial charge on any atom is 0.407 e. The van der Waals surface area contributed by atoms with Gasteiger partial charge in [-0.05, 0) is 41.0 Å². The van der Waals surface area contributed by atoms with Gasteiger partial charge < -0.3 is 20.5 Å². The van der Waals surface area contributed by atoms with E-state index in [9.17, 15) is 19.5 Å². The molecule has 7 nitrogen and oxygen atoms in total. The van der Waals surface area contributed by atoms with Gasteiger partial charge in [0.25, 0.3) is 0 Å². The van der Waals surface area contributed by atoms with Gasteiger partial charge in [0.15, 0.2) is 0 Å². The first kappa shape index (κ1) is 24.8. The number of carboxylic acid groups (broad SMARTS) is 1. The van der Waals surface area contributed by atoms with E-state index in [4.69, 9.17) is 4.74 Å². The molecular formula is C28H34N2O5. The Morgan fingerprint density at radius 3 is 2.11 bits per heavy atom. The average molecular weight is 479 g/mol. The van der Waals surface area contributed by atoms with Crippen LogP contribution < -0.4 is 10.6 Å². The monoisotopic (exact) mass is 478 g/mol. The van der Waals surface area contributed by atoms with Gasteiger partial charge in [0, 0.05) is 24.9 Å². The zero-order valence-corrected chi connectivity index (χ0v) is 20.4. The van der Waals surface area contributed by atoms with E-state index >= 15 is 0 Å². The highest BCUT2D eigenvalue weighted by Gasteiger charge is 2.41. The maximum atomic E-state index is 12.7. The van der Waals surface area contributed by atoms with Crippen LogP contribution >= 0.6 is 0 Å². The van der Waals surface area contributed by atoms with Gasteiger partial charge in [-0.3, -0.25) is 9.59 Å². The van der Waals surface area contributed by atoms with Gasteiger partial charge in [-0.15, -0.1) is 0 Å². The number of carbonyl (C=O) groups is 3. The van der Waals surface area contributed by atoms with E-state index in [2.05, 4.69) is 34.9 Å². The van der Waals surface area contributed by atoms with Crippen molar-refractivity contribution in [2.75, 3.05) is 13.2 Å². The van der Waals surface area contributed by atoms with E-state index in [1.165, 1.54) is 0 Å².